The molecule has 1 aromatic heterocycles. The number of carbonyl (C=O) groups is 1. The molecule has 2 fully saturated rings. The molecule has 24 heavy (non-hydrogen) atoms. The molecule has 2 saturated heterocycles. The van der Waals surface area contributed by atoms with Crippen LogP contribution < -0.4 is 5.32 Å². The topological polar surface area (TPSA) is 59.4 Å². The van der Waals surface area contributed by atoms with Crippen LogP contribution in [0.2, 0.25) is 0 Å². The van der Waals surface area contributed by atoms with Crippen LogP contribution in [0.15, 0.2) is 6.20 Å². The molecule has 2 aliphatic heterocycles. The Kier molecular flexibility index (Phi) is 4.85. The van der Waals surface area contributed by atoms with Crippen molar-refractivity contribution in [2.45, 2.75) is 64.5 Å². The Bertz CT molecular complexity index is 584. The highest BCUT2D eigenvalue weighted by atomic mass is 16.6. The average Bonchev–Trinajstić information content (AvgIpc) is 3.13. The van der Waals surface area contributed by atoms with E-state index in [-0.39, 0.29) is 12.1 Å². The number of hydrogen-bond acceptors (Lipinski definition) is 4. The maximum absolute atomic E-state index is 12.2. The molecule has 1 atom stereocenters. The second kappa shape index (κ2) is 6.75. The monoisotopic (exact) mass is 334 g/mol. The number of likely N-dealkylation sites (tertiary alicyclic amines) is 1. The van der Waals surface area contributed by atoms with E-state index in [2.05, 4.69) is 22.0 Å². The summed E-state index contributed by atoms with van der Waals surface area (Å²) in [4.78, 5) is 14.0. The minimum atomic E-state index is -0.445. The summed E-state index contributed by atoms with van der Waals surface area (Å²) in [5.74, 6) is 0.614. The van der Waals surface area contributed by atoms with Gasteiger partial charge in [0.1, 0.15) is 5.60 Å². The lowest BCUT2D eigenvalue weighted by Gasteiger charge is -2.24. The van der Waals surface area contributed by atoms with E-state index >= 15 is 0 Å². The molecule has 0 aliphatic carbocycles. The lowest BCUT2D eigenvalue weighted by Crippen LogP contribution is -2.35. The lowest BCUT2D eigenvalue weighted by molar-refractivity contribution is 0.0288. The molecule has 0 bridgehead atoms. The number of nitrogens with zero attached hydrogens (tertiary/aromatic N) is 3. The van der Waals surface area contributed by atoms with Crippen molar-refractivity contribution in [3.63, 3.8) is 0 Å². The summed E-state index contributed by atoms with van der Waals surface area (Å²) in [7, 11) is 0. The third-order valence-electron chi connectivity index (χ3n) is 5.02. The predicted molar refractivity (Wildman–Crippen MR) is 93.3 cm³/mol. The van der Waals surface area contributed by atoms with Gasteiger partial charge in [0, 0.05) is 18.8 Å². The average molecular weight is 334 g/mol. The molecular formula is C18H30N4O2. The van der Waals surface area contributed by atoms with Gasteiger partial charge in [-0.1, -0.05) is 0 Å². The summed E-state index contributed by atoms with van der Waals surface area (Å²) in [6, 6.07) is 0.257. The Morgan fingerprint density at radius 2 is 2.00 bits per heavy atom. The molecule has 3 rings (SSSR count). The zero-order chi connectivity index (χ0) is 17.3. The van der Waals surface area contributed by atoms with E-state index in [0.29, 0.717) is 12.5 Å². The molecule has 6 nitrogen and oxygen atoms in total. The Labute approximate surface area is 144 Å². The molecule has 6 heteroatoms. The predicted octanol–water partition coefficient (Wildman–Crippen LogP) is 2.84. The zero-order valence-corrected chi connectivity index (χ0v) is 15.3. The van der Waals surface area contributed by atoms with Gasteiger partial charge in [-0.15, -0.1) is 0 Å². The maximum atomic E-state index is 12.2. The van der Waals surface area contributed by atoms with E-state index < -0.39 is 5.60 Å². The molecule has 134 valence electrons. The van der Waals surface area contributed by atoms with E-state index in [1.807, 2.05) is 27.0 Å². The van der Waals surface area contributed by atoms with E-state index in [9.17, 15) is 4.79 Å². The minimum Gasteiger partial charge on any atom is -0.444 e. The number of nitrogens with one attached hydrogen (secondary N) is 1. The number of hydrogen-bond donors (Lipinski definition) is 1. The van der Waals surface area contributed by atoms with Crippen molar-refractivity contribution in [2.75, 3.05) is 26.2 Å². The first-order valence-corrected chi connectivity index (χ1v) is 9.08. The number of aromatic nitrogens is 2. The fourth-order valence-corrected chi connectivity index (χ4v) is 3.77. The largest absolute Gasteiger partial charge is 0.444 e. The van der Waals surface area contributed by atoms with Gasteiger partial charge in [0.15, 0.2) is 0 Å². The van der Waals surface area contributed by atoms with Crippen LogP contribution in [-0.4, -0.2) is 52.6 Å². The van der Waals surface area contributed by atoms with E-state index in [4.69, 9.17) is 4.74 Å². The molecule has 0 saturated carbocycles. The molecule has 1 amide bonds. The third kappa shape index (κ3) is 3.74. The van der Waals surface area contributed by atoms with Crippen molar-refractivity contribution in [3.8, 4) is 0 Å². The molecule has 2 aliphatic rings. The van der Waals surface area contributed by atoms with Crippen molar-refractivity contribution < 1.29 is 9.53 Å². The quantitative estimate of drug-likeness (QED) is 0.903. The zero-order valence-electron chi connectivity index (χ0n) is 15.3. The molecule has 1 aromatic rings. The Balaban J connectivity index is 1.66. The first-order chi connectivity index (χ1) is 11.3. The van der Waals surface area contributed by atoms with Crippen LogP contribution in [0.5, 0.6) is 0 Å². The second-order valence-electron chi connectivity index (χ2n) is 8.02. The van der Waals surface area contributed by atoms with Gasteiger partial charge in [0.25, 0.3) is 0 Å². The van der Waals surface area contributed by atoms with E-state index in [1.54, 1.807) is 4.90 Å². The lowest BCUT2D eigenvalue weighted by atomic mass is 9.91. The van der Waals surface area contributed by atoms with Gasteiger partial charge in [0.05, 0.1) is 12.2 Å². The van der Waals surface area contributed by atoms with Gasteiger partial charge in [-0.3, -0.25) is 4.68 Å². The van der Waals surface area contributed by atoms with Crippen molar-refractivity contribution in [3.05, 3.63) is 17.5 Å². The summed E-state index contributed by atoms with van der Waals surface area (Å²) >= 11 is 0. The van der Waals surface area contributed by atoms with Crippen LogP contribution in [0, 0.1) is 6.92 Å². The molecular weight excluding hydrogens is 304 g/mol. The van der Waals surface area contributed by atoms with E-state index in [1.165, 1.54) is 24.1 Å². The van der Waals surface area contributed by atoms with E-state index in [0.717, 1.165) is 26.1 Å². The Morgan fingerprint density at radius 1 is 1.29 bits per heavy atom. The number of amides is 1. The summed E-state index contributed by atoms with van der Waals surface area (Å²) < 4.78 is 7.61. The molecule has 0 radical (unpaired) electrons. The highest BCUT2D eigenvalue weighted by molar-refractivity contribution is 5.68. The fraction of sp³-hybridized carbons (Fsp3) is 0.778. The second-order valence-corrected chi connectivity index (χ2v) is 8.02. The van der Waals surface area contributed by atoms with Crippen LogP contribution in [-0.2, 0) is 4.74 Å². The number of carbonyl (C=O) groups excluding carboxylic acids is 1. The van der Waals surface area contributed by atoms with Crippen LogP contribution in [0.1, 0.15) is 63.3 Å². The van der Waals surface area contributed by atoms with Gasteiger partial charge in [-0.05, 0) is 71.5 Å². The minimum absolute atomic E-state index is 0.214. The number of piperidine rings is 1. The van der Waals surface area contributed by atoms with Crippen molar-refractivity contribution in [1.29, 1.82) is 0 Å². The van der Waals surface area contributed by atoms with Crippen LogP contribution in [0.3, 0.4) is 0 Å². The van der Waals surface area contributed by atoms with Crippen LogP contribution in [0.4, 0.5) is 4.79 Å². The van der Waals surface area contributed by atoms with Crippen molar-refractivity contribution >= 4 is 6.09 Å². The highest BCUT2D eigenvalue weighted by Crippen LogP contribution is 2.31. The first-order valence-electron chi connectivity index (χ1n) is 9.08. The third-order valence-corrected chi connectivity index (χ3v) is 5.02. The summed E-state index contributed by atoms with van der Waals surface area (Å²) in [6.07, 6.45) is 5.13. The van der Waals surface area contributed by atoms with Gasteiger partial charge in [-0.25, -0.2) is 4.79 Å². The molecule has 0 spiro atoms. The van der Waals surface area contributed by atoms with Gasteiger partial charge < -0.3 is 15.0 Å². The summed E-state index contributed by atoms with van der Waals surface area (Å²) in [6.45, 7) is 11.5. The Morgan fingerprint density at radius 3 is 2.67 bits per heavy atom. The Hall–Kier alpha value is -1.56. The van der Waals surface area contributed by atoms with Gasteiger partial charge >= 0.3 is 6.09 Å². The standard InChI is InChI=1S/C18H30N4O2/c1-13-16(14-5-8-19-9-6-14)11-20-22(13)15-7-10-21(12-15)17(23)24-18(2,3)4/h11,14-15,19H,5-10,12H2,1-4H3. The SMILES string of the molecule is Cc1c(C2CCNCC2)cnn1C1CCN(C(=O)OC(C)(C)C)C1. The van der Waals surface area contributed by atoms with Gasteiger partial charge in [0.2, 0.25) is 0 Å². The fourth-order valence-electron chi connectivity index (χ4n) is 3.77. The van der Waals surface area contributed by atoms with Crippen molar-refractivity contribution in [2.24, 2.45) is 0 Å². The molecule has 1 N–H and O–H groups in total. The van der Waals surface area contributed by atoms with Crippen LogP contribution >= 0.6 is 0 Å². The van der Waals surface area contributed by atoms with Crippen LogP contribution in [0.25, 0.3) is 0 Å². The normalized spacial score (nSPS) is 22.8. The number of rotatable bonds is 2. The molecule has 3 heterocycles. The maximum Gasteiger partial charge on any atom is 0.410 e. The molecule has 1 unspecified atom stereocenters. The smallest absolute Gasteiger partial charge is 0.410 e. The van der Waals surface area contributed by atoms with Crippen molar-refractivity contribution in [1.82, 2.24) is 20.0 Å². The molecule has 0 aromatic carbocycles. The highest BCUT2D eigenvalue weighted by Gasteiger charge is 2.32. The summed E-state index contributed by atoms with van der Waals surface area (Å²) in [5, 5.41) is 8.08. The first kappa shape index (κ1) is 17.3. The number of ether oxygens (including phenoxy) is 1. The van der Waals surface area contributed by atoms with Gasteiger partial charge in [-0.2, -0.15) is 5.10 Å². The summed E-state index contributed by atoms with van der Waals surface area (Å²) in [5.41, 5.74) is 2.20.